The minimum Gasteiger partial charge on any atom is -0.506 e. The highest BCUT2D eigenvalue weighted by Crippen LogP contribution is 2.40. The van der Waals surface area contributed by atoms with Gasteiger partial charge in [0.05, 0.1) is 37.9 Å². The van der Waals surface area contributed by atoms with Gasteiger partial charge in [-0.05, 0) is 36.8 Å². The van der Waals surface area contributed by atoms with E-state index in [0.717, 1.165) is 34.8 Å². The molecule has 0 aliphatic heterocycles. The highest BCUT2D eigenvalue weighted by atomic mass is 32.1. The maximum Gasteiger partial charge on any atom is 0.416 e. The Morgan fingerprint density at radius 2 is 1.72 bits per heavy atom. The zero-order chi connectivity index (χ0) is 26.6. The SMILES string of the molecule is C/C(=N\NC(=O)c1ccc(C(=O)N(C)CCC(=O)O)s1)c1csc(-c2ccc(C(F)(F)F)cc2)c1O. The van der Waals surface area contributed by atoms with E-state index >= 15 is 0 Å². The topological polar surface area (TPSA) is 119 Å². The summed E-state index contributed by atoms with van der Waals surface area (Å²) in [6.45, 7) is 1.56. The quantitative estimate of drug-likeness (QED) is 0.278. The van der Waals surface area contributed by atoms with Crippen LogP contribution in [-0.4, -0.2) is 52.2 Å². The number of aliphatic carboxylic acids is 1. The Labute approximate surface area is 211 Å². The van der Waals surface area contributed by atoms with Gasteiger partial charge in [-0.3, -0.25) is 14.4 Å². The van der Waals surface area contributed by atoms with Gasteiger partial charge in [0.1, 0.15) is 5.75 Å². The van der Waals surface area contributed by atoms with Crippen LogP contribution in [0.3, 0.4) is 0 Å². The first kappa shape index (κ1) is 26.9. The van der Waals surface area contributed by atoms with E-state index in [-0.39, 0.29) is 34.2 Å². The van der Waals surface area contributed by atoms with E-state index in [4.69, 9.17) is 5.11 Å². The molecule has 0 bridgehead atoms. The van der Waals surface area contributed by atoms with Crippen molar-refractivity contribution in [3.8, 4) is 16.2 Å². The molecule has 0 saturated heterocycles. The first-order chi connectivity index (χ1) is 16.9. The lowest BCUT2D eigenvalue weighted by Crippen LogP contribution is -2.28. The second-order valence-corrected chi connectivity index (χ2v) is 9.54. The third-order valence-corrected chi connectivity index (χ3v) is 7.09. The summed E-state index contributed by atoms with van der Waals surface area (Å²) >= 11 is 2.03. The number of hydrogen-bond donors (Lipinski definition) is 3. The molecule has 0 aliphatic carbocycles. The molecule has 36 heavy (non-hydrogen) atoms. The van der Waals surface area contributed by atoms with Crippen molar-refractivity contribution in [2.45, 2.75) is 19.5 Å². The number of halogens is 3. The molecule has 13 heteroatoms. The molecule has 3 aromatic rings. The third kappa shape index (κ3) is 6.29. The van der Waals surface area contributed by atoms with Gasteiger partial charge < -0.3 is 15.1 Å². The van der Waals surface area contributed by atoms with Crippen LogP contribution in [0.15, 0.2) is 46.9 Å². The van der Waals surface area contributed by atoms with Crippen molar-refractivity contribution in [3.05, 3.63) is 62.7 Å². The zero-order valence-electron chi connectivity index (χ0n) is 18.9. The Morgan fingerprint density at radius 3 is 2.33 bits per heavy atom. The van der Waals surface area contributed by atoms with Crippen LogP contribution in [0.25, 0.3) is 10.4 Å². The molecule has 0 saturated carbocycles. The summed E-state index contributed by atoms with van der Waals surface area (Å²) in [5.41, 5.74) is 2.51. The second-order valence-electron chi connectivity index (χ2n) is 7.57. The lowest BCUT2D eigenvalue weighted by Gasteiger charge is -2.14. The van der Waals surface area contributed by atoms with E-state index in [9.17, 15) is 32.7 Å². The molecule has 0 aliphatic rings. The van der Waals surface area contributed by atoms with Gasteiger partial charge in [-0.25, -0.2) is 5.43 Å². The summed E-state index contributed by atoms with van der Waals surface area (Å²) in [5.74, 6) is -2.22. The number of alkyl halides is 3. The number of nitrogens with one attached hydrogen (secondary N) is 1. The van der Waals surface area contributed by atoms with Gasteiger partial charge in [0.25, 0.3) is 11.8 Å². The fraction of sp³-hybridized carbons (Fsp3) is 0.217. The lowest BCUT2D eigenvalue weighted by molar-refractivity contribution is -0.138. The Balaban J connectivity index is 1.68. The van der Waals surface area contributed by atoms with Crippen LogP contribution in [0.4, 0.5) is 13.2 Å². The molecular weight excluding hydrogens is 519 g/mol. The monoisotopic (exact) mass is 539 g/mol. The van der Waals surface area contributed by atoms with E-state index in [1.807, 2.05) is 0 Å². The number of carbonyl (C=O) groups excluding carboxylic acids is 2. The van der Waals surface area contributed by atoms with Crippen LogP contribution in [0.2, 0.25) is 0 Å². The largest absolute Gasteiger partial charge is 0.506 e. The highest BCUT2D eigenvalue weighted by Gasteiger charge is 2.30. The van der Waals surface area contributed by atoms with Gasteiger partial charge in [0.15, 0.2) is 0 Å². The molecule has 0 radical (unpaired) electrons. The lowest BCUT2D eigenvalue weighted by atomic mass is 10.1. The predicted molar refractivity (Wildman–Crippen MR) is 130 cm³/mol. The van der Waals surface area contributed by atoms with Crippen LogP contribution < -0.4 is 5.43 Å². The molecule has 190 valence electrons. The fourth-order valence-electron chi connectivity index (χ4n) is 3.00. The average Bonchev–Trinajstić information content (AvgIpc) is 3.47. The number of carboxylic acids is 1. The number of rotatable bonds is 8. The number of carbonyl (C=O) groups is 3. The smallest absolute Gasteiger partial charge is 0.416 e. The third-order valence-electron chi connectivity index (χ3n) is 5.00. The first-order valence-electron chi connectivity index (χ1n) is 10.3. The molecule has 3 N–H and O–H groups in total. The Morgan fingerprint density at radius 1 is 1.08 bits per heavy atom. The first-order valence-corrected chi connectivity index (χ1v) is 12.0. The normalized spacial score (nSPS) is 11.9. The number of nitrogens with zero attached hydrogens (tertiary/aromatic N) is 2. The molecule has 2 aromatic heterocycles. The number of hydrazone groups is 1. The van der Waals surface area contributed by atoms with Gasteiger partial charge in [-0.2, -0.15) is 18.3 Å². The minimum absolute atomic E-state index is 0.0235. The molecule has 0 unspecified atom stereocenters. The van der Waals surface area contributed by atoms with Crippen molar-refractivity contribution >= 4 is 46.2 Å². The predicted octanol–water partition coefficient (Wildman–Crippen LogP) is 4.90. The summed E-state index contributed by atoms with van der Waals surface area (Å²) in [6.07, 6.45) is -4.67. The van der Waals surface area contributed by atoms with E-state index in [0.29, 0.717) is 16.0 Å². The molecule has 2 heterocycles. The molecule has 0 fully saturated rings. The number of hydrogen-bond acceptors (Lipinski definition) is 7. The Kier molecular flexibility index (Phi) is 8.15. The summed E-state index contributed by atoms with van der Waals surface area (Å²) in [4.78, 5) is 37.6. The van der Waals surface area contributed by atoms with E-state index in [1.165, 1.54) is 36.2 Å². The summed E-state index contributed by atoms with van der Waals surface area (Å²) in [5, 5.41) is 24.9. The number of carboxylic acid groups (broad SMARTS) is 1. The minimum atomic E-state index is -4.46. The molecule has 3 rings (SSSR count). The van der Waals surface area contributed by atoms with Crippen LogP contribution >= 0.6 is 22.7 Å². The van der Waals surface area contributed by atoms with Gasteiger partial charge in [-0.1, -0.05) is 12.1 Å². The second kappa shape index (κ2) is 10.9. The molecule has 8 nitrogen and oxygen atoms in total. The Hall–Kier alpha value is -3.71. The van der Waals surface area contributed by atoms with Crippen LogP contribution in [0.1, 0.15) is 43.8 Å². The summed E-state index contributed by atoms with van der Waals surface area (Å²) in [6, 6.07) is 7.28. The van der Waals surface area contributed by atoms with E-state index < -0.39 is 29.5 Å². The molecule has 0 spiro atoms. The number of benzene rings is 1. The number of thiophene rings is 2. The summed E-state index contributed by atoms with van der Waals surface area (Å²) < 4.78 is 38.3. The van der Waals surface area contributed by atoms with Gasteiger partial charge >= 0.3 is 12.1 Å². The van der Waals surface area contributed by atoms with Crippen molar-refractivity contribution in [3.63, 3.8) is 0 Å². The Bertz CT molecular complexity index is 1310. The van der Waals surface area contributed by atoms with Crippen molar-refractivity contribution in [2.75, 3.05) is 13.6 Å². The molecule has 1 aromatic carbocycles. The maximum atomic E-state index is 12.8. The molecule has 2 amide bonds. The van der Waals surface area contributed by atoms with Crippen molar-refractivity contribution < 1.29 is 37.8 Å². The zero-order valence-corrected chi connectivity index (χ0v) is 20.6. The van der Waals surface area contributed by atoms with Crippen molar-refractivity contribution in [1.82, 2.24) is 10.3 Å². The van der Waals surface area contributed by atoms with Crippen LogP contribution in [-0.2, 0) is 11.0 Å². The van der Waals surface area contributed by atoms with Crippen molar-refractivity contribution in [2.24, 2.45) is 5.10 Å². The number of aromatic hydroxyl groups is 1. The van der Waals surface area contributed by atoms with Crippen molar-refractivity contribution in [1.29, 1.82) is 0 Å². The fourth-order valence-corrected chi connectivity index (χ4v) is 4.90. The van der Waals surface area contributed by atoms with Crippen LogP contribution in [0, 0.1) is 0 Å². The van der Waals surface area contributed by atoms with Gasteiger partial charge in [0, 0.05) is 19.0 Å². The summed E-state index contributed by atoms with van der Waals surface area (Å²) in [7, 11) is 1.46. The molecule has 0 atom stereocenters. The average molecular weight is 540 g/mol. The highest BCUT2D eigenvalue weighted by molar-refractivity contribution is 7.16. The maximum absolute atomic E-state index is 12.8. The van der Waals surface area contributed by atoms with Gasteiger partial charge in [0.2, 0.25) is 0 Å². The number of amides is 2. The van der Waals surface area contributed by atoms with E-state index in [1.54, 1.807) is 12.3 Å². The van der Waals surface area contributed by atoms with Gasteiger partial charge in [-0.15, -0.1) is 22.7 Å². The van der Waals surface area contributed by atoms with Crippen LogP contribution in [0.5, 0.6) is 5.75 Å². The standard InChI is InChI=1S/C23H20F3N3O5S2/c1-12(15-11-35-20(19(15)32)13-3-5-14(6-4-13)23(24,25)26)27-28-21(33)16-7-8-17(36-16)22(34)29(2)10-9-18(30)31/h3-8,11,32H,9-10H2,1-2H3,(H,28,33)(H,30,31)/b27-12+. The molecular formula is C23H20F3N3O5S2. The van der Waals surface area contributed by atoms with E-state index in [2.05, 4.69) is 10.5 Å².